The molecule has 2 N–H and O–H groups in total. The van der Waals surface area contributed by atoms with Crippen LogP contribution in [0, 0.1) is 6.92 Å². The van der Waals surface area contributed by atoms with Crippen LogP contribution in [-0.2, 0) is 11.2 Å². The lowest BCUT2D eigenvalue weighted by molar-refractivity contribution is -0.136. The van der Waals surface area contributed by atoms with E-state index in [2.05, 4.69) is 10.3 Å². The number of carboxylic acids is 1. The smallest absolute Gasteiger partial charge is 0.307 e. The molecule has 2 aromatic carbocycles. The third-order valence-electron chi connectivity index (χ3n) is 4.40. The molecule has 4 rings (SSSR count). The van der Waals surface area contributed by atoms with Crippen molar-refractivity contribution in [2.24, 2.45) is 0 Å². The SMILES string of the molecule is Cc1c(C(=O)Nc2ccc(CC(=O)O)cc2)sc2nc(-c3ccccc3)cn12. The fourth-order valence-corrected chi connectivity index (χ4v) is 3.98. The quantitative estimate of drug-likeness (QED) is 0.533. The number of anilines is 1. The largest absolute Gasteiger partial charge is 0.481 e. The van der Waals surface area contributed by atoms with E-state index in [1.165, 1.54) is 11.3 Å². The van der Waals surface area contributed by atoms with Crippen molar-refractivity contribution in [3.8, 4) is 11.3 Å². The maximum absolute atomic E-state index is 12.7. The number of aromatic nitrogens is 2. The van der Waals surface area contributed by atoms with Gasteiger partial charge in [0.1, 0.15) is 4.88 Å². The Hall–Kier alpha value is -3.45. The molecule has 0 aliphatic rings. The normalized spacial score (nSPS) is 10.9. The maximum atomic E-state index is 12.7. The van der Waals surface area contributed by atoms with E-state index in [9.17, 15) is 9.59 Å². The summed E-state index contributed by atoms with van der Waals surface area (Å²) in [6.07, 6.45) is 1.90. The van der Waals surface area contributed by atoms with Gasteiger partial charge in [0, 0.05) is 23.1 Å². The Morgan fingerprint density at radius 3 is 2.46 bits per heavy atom. The van der Waals surface area contributed by atoms with E-state index >= 15 is 0 Å². The lowest BCUT2D eigenvalue weighted by atomic mass is 10.1. The van der Waals surface area contributed by atoms with Gasteiger partial charge in [0.2, 0.25) is 0 Å². The van der Waals surface area contributed by atoms with Crippen LogP contribution in [0.25, 0.3) is 16.2 Å². The zero-order valence-electron chi connectivity index (χ0n) is 15.0. The molecule has 0 fully saturated rings. The number of aliphatic carboxylic acids is 1. The van der Waals surface area contributed by atoms with E-state index in [-0.39, 0.29) is 12.3 Å². The molecule has 1 amide bonds. The molecule has 2 heterocycles. The highest BCUT2D eigenvalue weighted by Crippen LogP contribution is 2.27. The predicted octanol–water partition coefficient (Wildman–Crippen LogP) is 4.25. The van der Waals surface area contributed by atoms with Gasteiger partial charge in [-0.05, 0) is 24.6 Å². The van der Waals surface area contributed by atoms with Crippen molar-refractivity contribution in [3.05, 3.63) is 76.9 Å². The van der Waals surface area contributed by atoms with Crippen LogP contribution >= 0.6 is 11.3 Å². The average Bonchev–Trinajstić information content (AvgIpc) is 3.23. The van der Waals surface area contributed by atoms with Gasteiger partial charge in [-0.1, -0.05) is 53.8 Å². The molecular formula is C21H17N3O3S. The fourth-order valence-electron chi connectivity index (χ4n) is 2.98. The summed E-state index contributed by atoms with van der Waals surface area (Å²) in [7, 11) is 0. The minimum atomic E-state index is -0.885. The molecule has 0 spiro atoms. The van der Waals surface area contributed by atoms with Crippen molar-refractivity contribution in [2.45, 2.75) is 13.3 Å². The first-order chi connectivity index (χ1) is 13.5. The van der Waals surface area contributed by atoms with E-state index in [4.69, 9.17) is 5.11 Å². The van der Waals surface area contributed by atoms with Gasteiger partial charge in [0.05, 0.1) is 12.1 Å². The number of carbonyl (C=O) groups excluding carboxylic acids is 1. The number of hydrogen-bond acceptors (Lipinski definition) is 4. The number of thiazole rings is 1. The van der Waals surface area contributed by atoms with E-state index in [0.717, 1.165) is 21.9 Å². The molecule has 0 radical (unpaired) electrons. The Labute approximate surface area is 165 Å². The standard InChI is InChI=1S/C21H17N3O3S/c1-13-19(20(27)22-16-9-7-14(8-10-16)11-18(25)26)28-21-23-17(12-24(13)21)15-5-3-2-4-6-15/h2-10,12H,11H2,1H3,(H,22,27)(H,25,26). The second kappa shape index (κ2) is 7.28. The topological polar surface area (TPSA) is 83.7 Å². The molecule has 0 aliphatic carbocycles. The second-order valence-electron chi connectivity index (χ2n) is 6.38. The summed E-state index contributed by atoms with van der Waals surface area (Å²) in [5, 5.41) is 11.7. The minimum absolute atomic E-state index is 0.0425. The number of rotatable bonds is 5. The van der Waals surface area contributed by atoms with Crippen LogP contribution in [0.4, 0.5) is 5.69 Å². The zero-order chi connectivity index (χ0) is 19.7. The molecule has 4 aromatic rings. The van der Waals surface area contributed by atoms with Crippen molar-refractivity contribution in [1.29, 1.82) is 0 Å². The first-order valence-electron chi connectivity index (χ1n) is 8.67. The monoisotopic (exact) mass is 391 g/mol. The highest BCUT2D eigenvalue weighted by atomic mass is 32.1. The van der Waals surface area contributed by atoms with Gasteiger partial charge in [-0.3, -0.25) is 14.0 Å². The molecule has 0 saturated heterocycles. The van der Waals surface area contributed by atoms with Crippen molar-refractivity contribution >= 4 is 33.9 Å². The molecule has 2 aromatic heterocycles. The number of imidazole rings is 1. The Morgan fingerprint density at radius 2 is 1.82 bits per heavy atom. The molecule has 0 atom stereocenters. The average molecular weight is 391 g/mol. The lowest BCUT2D eigenvalue weighted by Gasteiger charge is -2.05. The number of fused-ring (bicyclic) bond motifs is 1. The minimum Gasteiger partial charge on any atom is -0.481 e. The maximum Gasteiger partial charge on any atom is 0.307 e. The molecule has 6 nitrogen and oxygen atoms in total. The summed E-state index contributed by atoms with van der Waals surface area (Å²) in [6, 6.07) is 16.7. The summed E-state index contributed by atoms with van der Waals surface area (Å²) >= 11 is 1.34. The molecule has 140 valence electrons. The van der Waals surface area contributed by atoms with Crippen LogP contribution in [0.15, 0.2) is 60.8 Å². The number of aryl methyl sites for hydroxylation is 1. The van der Waals surface area contributed by atoms with E-state index < -0.39 is 5.97 Å². The van der Waals surface area contributed by atoms with E-state index in [0.29, 0.717) is 16.1 Å². The molecule has 28 heavy (non-hydrogen) atoms. The van der Waals surface area contributed by atoms with Crippen LogP contribution in [0.2, 0.25) is 0 Å². The molecule has 0 unspecified atom stereocenters. The summed E-state index contributed by atoms with van der Waals surface area (Å²) in [5.41, 5.74) is 4.04. The number of carbonyl (C=O) groups is 2. The second-order valence-corrected chi connectivity index (χ2v) is 7.36. The van der Waals surface area contributed by atoms with E-state index in [1.807, 2.05) is 47.9 Å². The molecule has 7 heteroatoms. The number of amides is 1. The number of carboxylic acid groups (broad SMARTS) is 1. The van der Waals surface area contributed by atoms with Crippen molar-refractivity contribution in [1.82, 2.24) is 9.38 Å². The third kappa shape index (κ3) is 3.52. The van der Waals surface area contributed by atoms with Gasteiger partial charge >= 0.3 is 5.97 Å². The van der Waals surface area contributed by atoms with Gasteiger partial charge in [0.25, 0.3) is 5.91 Å². The van der Waals surface area contributed by atoms with Gasteiger partial charge < -0.3 is 10.4 Å². The molecule has 0 saturated carbocycles. The number of nitrogens with zero attached hydrogens (tertiary/aromatic N) is 2. The van der Waals surface area contributed by atoms with Gasteiger partial charge in [-0.25, -0.2) is 4.98 Å². The van der Waals surface area contributed by atoms with Crippen molar-refractivity contribution in [2.75, 3.05) is 5.32 Å². The summed E-state index contributed by atoms with van der Waals surface area (Å²) in [5.74, 6) is -1.09. The van der Waals surface area contributed by atoms with Crippen LogP contribution < -0.4 is 5.32 Å². The van der Waals surface area contributed by atoms with Crippen LogP contribution in [0.5, 0.6) is 0 Å². The Bertz CT molecular complexity index is 1160. The van der Waals surface area contributed by atoms with Crippen LogP contribution in [0.1, 0.15) is 20.9 Å². The first kappa shape index (κ1) is 17.9. The molecule has 0 bridgehead atoms. The van der Waals surface area contributed by atoms with Crippen molar-refractivity contribution in [3.63, 3.8) is 0 Å². The molecular weight excluding hydrogens is 374 g/mol. The fraction of sp³-hybridized carbons (Fsp3) is 0.0952. The number of nitrogens with one attached hydrogen (secondary N) is 1. The Morgan fingerprint density at radius 1 is 1.11 bits per heavy atom. The zero-order valence-corrected chi connectivity index (χ0v) is 15.9. The highest BCUT2D eigenvalue weighted by Gasteiger charge is 2.18. The van der Waals surface area contributed by atoms with E-state index in [1.54, 1.807) is 24.3 Å². The lowest BCUT2D eigenvalue weighted by Crippen LogP contribution is -2.12. The van der Waals surface area contributed by atoms with Crippen molar-refractivity contribution < 1.29 is 14.7 Å². The first-order valence-corrected chi connectivity index (χ1v) is 9.49. The summed E-state index contributed by atoms with van der Waals surface area (Å²) in [6.45, 7) is 1.89. The van der Waals surface area contributed by atoms with Gasteiger partial charge in [-0.2, -0.15) is 0 Å². The van der Waals surface area contributed by atoms with Crippen LogP contribution in [-0.4, -0.2) is 26.4 Å². The summed E-state index contributed by atoms with van der Waals surface area (Å²) in [4.78, 5) is 29.4. The number of benzene rings is 2. The summed E-state index contributed by atoms with van der Waals surface area (Å²) < 4.78 is 1.93. The van der Waals surface area contributed by atoms with Gasteiger partial charge in [0.15, 0.2) is 4.96 Å². The number of hydrogen-bond donors (Lipinski definition) is 2. The van der Waals surface area contributed by atoms with Crippen LogP contribution in [0.3, 0.4) is 0 Å². The predicted molar refractivity (Wildman–Crippen MR) is 109 cm³/mol. The highest BCUT2D eigenvalue weighted by molar-refractivity contribution is 7.19. The molecule has 0 aliphatic heterocycles. The third-order valence-corrected chi connectivity index (χ3v) is 5.56. The Balaban J connectivity index is 1.55. The Kier molecular flexibility index (Phi) is 4.67. The van der Waals surface area contributed by atoms with Gasteiger partial charge in [-0.15, -0.1) is 0 Å².